The Kier molecular flexibility index (Phi) is 5.56. The van der Waals surface area contributed by atoms with E-state index in [1.807, 2.05) is 18.2 Å². The molecule has 112 valence electrons. The van der Waals surface area contributed by atoms with Gasteiger partial charge < -0.3 is 5.32 Å². The van der Waals surface area contributed by atoms with Crippen LogP contribution < -0.4 is 10.9 Å². The van der Waals surface area contributed by atoms with Crippen LogP contribution in [-0.2, 0) is 13.5 Å². The van der Waals surface area contributed by atoms with Crippen LogP contribution in [0.1, 0.15) is 25.3 Å². The molecule has 5 heteroatoms. The lowest BCUT2D eigenvalue weighted by atomic mass is 10.0. The highest BCUT2D eigenvalue weighted by molar-refractivity contribution is 9.10. The van der Waals surface area contributed by atoms with E-state index in [4.69, 9.17) is 0 Å². The smallest absolute Gasteiger partial charge is 0.282 e. The number of hydrogen-bond acceptors (Lipinski definition) is 3. The van der Waals surface area contributed by atoms with Crippen LogP contribution in [0.25, 0.3) is 0 Å². The number of rotatable bonds is 6. The molecule has 1 unspecified atom stereocenters. The molecule has 1 N–H and O–H groups in total. The van der Waals surface area contributed by atoms with Crippen LogP contribution >= 0.6 is 15.9 Å². The van der Waals surface area contributed by atoms with E-state index in [0.717, 1.165) is 24.9 Å². The van der Waals surface area contributed by atoms with Gasteiger partial charge in [0.25, 0.3) is 5.56 Å². The molecule has 1 aromatic carbocycles. The second kappa shape index (κ2) is 7.41. The normalized spacial score (nSPS) is 12.1. The summed E-state index contributed by atoms with van der Waals surface area (Å²) >= 11 is 3.36. The Hall–Kier alpha value is -1.62. The highest BCUT2D eigenvalue weighted by Crippen LogP contribution is 2.20. The van der Waals surface area contributed by atoms with Crippen molar-refractivity contribution in [3.63, 3.8) is 0 Å². The van der Waals surface area contributed by atoms with E-state index in [2.05, 4.69) is 45.4 Å². The highest BCUT2D eigenvalue weighted by Gasteiger charge is 2.13. The second-order valence-electron chi connectivity index (χ2n) is 5.12. The van der Waals surface area contributed by atoms with E-state index >= 15 is 0 Å². The number of anilines is 1. The molecular weight excluding hydrogens is 330 g/mol. The molecule has 0 fully saturated rings. The van der Waals surface area contributed by atoms with Crippen molar-refractivity contribution in [3.05, 3.63) is 56.9 Å². The zero-order chi connectivity index (χ0) is 15.2. The van der Waals surface area contributed by atoms with Crippen LogP contribution in [0.4, 0.5) is 5.69 Å². The zero-order valence-electron chi connectivity index (χ0n) is 12.3. The monoisotopic (exact) mass is 349 g/mol. The van der Waals surface area contributed by atoms with Crippen molar-refractivity contribution < 1.29 is 0 Å². The van der Waals surface area contributed by atoms with Crippen molar-refractivity contribution in [2.45, 2.75) is 32.2 Å². The summed E-state index contributed by atoms with van der Waals surface area (Å²) in [4.78, 5) is 11.9. The van der Waals surface area contributed by atoms with Crippen LogP contribution in [0.15, 0.2) is 45.8 Å². The van der Waals surface area contributed by atoms with Gasteiger partial charge in [0.05, 0.1) is 11.9 Å². The molecule has 0 aliphatic carbocycles. The number of hydrogen-bond donors (Lipinski definition) is 1. The number of benzene rings is 1. The van der Waals surface area contributed by atoms with Crippen LogP contribution in [-0.4, -0.2) is 15.8 Å². The lowest BCUT2D eigenvalue weighted by molar-refractivity contribution is 0.632. The fourth-order valence-electron chi connectivity index (χ4n) is 2.30. The first-order valence-electron chi connectivity index (χ1n) is 7.14. The molecule has 1 heterocycles. The molecule has 1 atom stereocenters. The summed E-state index contributed by atoms with van der Waals surface area (Å²) in [7, 11) is 1.64. The number of aryl methyl sites for hydroxylation is 1. The van der Waals surface area contributed by atoms with Gasteiger partial charge in [0.15, 0.2) is 0 Å². The van der Waals surface area contributed by atoms with Crippen molar-refractivity contribution in [2.75, 3.05) is 5.32 Å². The van der Waals surface area contributed by atoms with Gasteiger partial charge in [-0.25, -0.2) is 4.68 Å². The zero-order valence-corrected chi connectivity index (χ0v) is 13.9. The van der Waals surface area contributed by atoms with E-state index in [9.17, 15) is 4.79 Å². The first-order valence-corrected chi connectivity index (χ1v) is 7.93. The third-order valence-corrected chi connectivity index (χ3v) is 4.17. The predicted molar refractivity (Wildman–Crippen MR) is 89.6 cm³/mol. The molecule has 0 amide bonds. The second-order valence-corrected chi connectivity index (χ2v) is 5.91. The van der Waals surface area contributed by atoms with Gasteiger partial charge in [0.2, 0.25) is 0 Å². The van der Waals surface area contributed by atoms with E-state index in [0.29, 0.717) is 4.47 Å². The van der Waals surface area contributed by atoms with Crippen molar-refractivity contribution >= 4 is 21.6 Å². The van der Waals surface area contributed by atoms with Crippen LogP contribution in [0.2, 0.25) is 0 Å². The van der Waals surface area contributed by atoms with Gasteiger partial charge in [-0.2, -0.15) is 5.10 Å². The third-order valence-electron chi connectivity index (χ3n) is 3.40. The third kappa shape index (κ3) is 4.17. The van der Waals surface area contributed by atoms with Gasteiger partial charge in [-0.05, 0) is 34.3 Å². The molecule has 2 rings (SSSR count). The SMILES string of the molecule is CCCC(Cc1ccccc1)Nc1cnn(C)c(=O)c1Br. The maximum absolute atomic E-state index is 11.9. The Labute approximate surface area is 133 Å². The van der Waals surface area contributed by atoms with Gasteiger partial charge in [-0.3, -0.25) is 4.79 Å². The minimum Gasteiger partial charge on any atom is -0.380 e. The minimum absolute atomic E-state index is 0.130. The predicted octanol–water partition coefficient (Wildman–Crippen LogP) is 3.37. The highest BCUT2D eigenvalue weighted by atomic mass is 79.9. The lowest BCUT2D eigenvalue weighted by Crippen LogP contribution is -2.26. The Bertz CT molecular complexity index is 640. The maximum Gasteiger partial charge on any atom is 0.282 e. The molecule has 2 aromatic rings. The summed E-state index contributed by atoms with van der Waals surface area (Å²) in [6.45, 7) is 2.16. The number of nitrogens with one attached hydrogen (secondary N) is 1. The number of nitrogens with zero attached hydrogens (tertiary/aromatic N) is 2. The maximum atomic E-state index is 11.9. The van der Waals surface area contributed by atoms with Crippen molar-refractivity contribution in [3.8, 4) is 0 Å². The van der Waals surface area contributed by atoms with E-state index in [-0.39, 0.29) is 11.6 Å². The summed E-state index contributed by atoms with van der Waals surface area (Å²) in [5.74, 6) is 0. The molecule has 21 heavy (non-hydrogen) atoms. The van der Waals surface area contributed by atoms with Crippen LogP contribution in [0.5, 0.6) is 0 Å². The standard InChI is InChI=1S/C16H20BrN3O/c1-3-7-13(10-12-8-5-4-6-9-12)19-14-11-18-20(2)16(21)15(14)17/h4-6,8-9,11,13,19H,3,7,10H2,1-2H3. The van der Waals surface area contributed by atoms with Gasteiger partial charge in [0.1, 0.15) is 4.47 Å². The molecule has 4 nitrogen and oxygen atoms in total. The van der Waals surface area contributed by atoms with Crippen LogP contribution in [0, 0.1) is 0 Å². The Morgan fingerprint density at radius 3 is 2.71 bits per heavy atom. The molecule has 0 saturated heterocycles. The van der Waals surface area contributed by atoms with Gasteiger partial charge in [-0.1, -0.05) is 43.7 Å². The van der Waals surface area contributed by atoms with Crippen molar-refractivity contribution in [1.82, 2.24) is 9.78 Å². The number of aromatic nitrogens is 2. The quantitative estimate of drug-likeness (QED) is 0.869. The largest absolute Gasteiger partial charge is 0.380 e. The first-order chi connectivity index (χ1) is 10.1. The van der Waals surface area contributed by atoms with Gasteiger partial charge in [0, 0.05) is 13.1 Å². The van der Waals surface area contributed by atoms with E-state index in [1.54, 1.807) is 13.2 Å². The van der Waals surface area contributed by atoms with Crippen LogP contribution in [0.3, 0.4) is 0 Å². The minimum atomic E-state index is -0.130. The van der Waals surface area contributed by atoms with Gasteiger partial charge >= 0.3 is 0 Å². The first kappa shape index (κ1) is 15.8. The molecule has 0 aliphatic heterocycles. The Balaban J connectivity index is 2.17. The fourth-order valence-corrected chi connectivity index (χ4v) is 2.78. The molecule has 0 spiro atoms. The molecular formula is C16H20BrN3O. The summed E-state index contributed by atoms with van der Waals surface area (Å²) in [5, 5.41) is 7.51. The summed E-state index contributed by atoms with van der Waals surface area (Å²) in [5.41, 5.74) is 1.92. The molecule has 1 aromatic heterocycles. The Morgan fingerprint density at radius 1 is 1.33 bits per heavy atom. The molecule has 0 aliphatic rings. The topological polar surface area (TPSA) is 46.9 Å². The molecule has 0 saturated carbocycles. The summed E-state index contributed by atoms with van der Waals surface area (Å²) < 4.78 is 1.86. The fraction of sp³-hybridized carbons (Fsp3) is 0.375. The average Bonchev–Trinajstić information content (AvgIpc) is 2.49. The summed E-state index contributed by atoms with van der Waals surface area (Å²) in [6, 6.07) is 10.7. The van der Waals surface area contributed by atoms with E-state index < -0.39 is 0 Å². The Morgan fingerprint density at radius 2 is 2.05 bits per heavy atom. The van der Waals surface area contributed by atoms with Gasteiger partial charge in [-0.15, -0.1) is 0 Å². The van der Waals surface area contributed by atoms with Crippen molar-refractivity contribution in [1.29, 1.82) is 0 Å². The van der Waals surface area contributed by atoms with E-state index in [1.165, 1.54) is 10.2 Å². The molecule has 0 radical (unpaired) electrons. The lowest BCUT2D eigenvalue weighted by Gasteiger charge is -2.20. The average molecular weight is 350 g/mol. The number of halogens is 1. The van der Waals surface area contributed by atoms with Crippen molar-refractivity contribution in [2.24, 2.45) is 7.05 Å². The summed E-state index contributed by atoms with van der Waals surface area (Å²) in [6.07, 6.45) is 4.74. The molecule has 0 bridgehead atoms.